The van der Waals surface area contributed by atoms with E-state index >= 15 is 0 Å². The maximum Gasteiger partial charge on any atom is 0.410 e. The number of rotatable bonds is 4. The molecule has 130 valence electrons. The SMILES string of the molecule is Cc1ccsc1C(C)NCC1CCN(C(=O)OC(C)(C)C)CC1. The first-order chi connectivity index (χ1) is 10.8. The molecule has 1 unspecified atom stereocenters. The third-order valence-electron chi connectivity index (χ3n) is 4.27. The van der Waals surface area contributed by atoms with Crippen molar-refractivity contribution in [1.29, 1.82) is 0 Å². The van der Waals surface area contributed by atoms with Crippen LogP contribution in [-0.4, -0.2) is 36.2 Å². The molecule has 0 aromatic carbocycles. The van der Waals surface area contributed by atoms with Crippen LogP contribution in [0.5, 0.6) is 0 Å². The normalized spacial score (nSPS) is 18.0. The molecule has 0 bridgehead atoms. The Labute approximate surface area is 144 Å². The molecule has 0 radical (unpaired) electrons. The fourth-order valence-corrected chi connectivity index (χ4v) is 3.87. The fourth-order valence-electron chi connectivity index (χ4n) is 2.91. The lowest BCUT2D eigenvalue weighted by Gasteiger charge is -2.34. The average molecular weight is 339 g/mol. The van der Waals surface area contributed by atoms with Gasteiger partial charge in [0.05, 0.1) is 0 Å². The molecule has 1 aromatic heterocycles. The van der Waals surface area contributed by atoms with Gasteiger partial charge in [-0.2, -0.15) is 0 Å². The van der Waals surface area contributed by atoms with Crippen LogP contribution in [-0.2, 0) is 4.74 Å². The Bertz CT molecular complexity index is 513. The summed E-state index contributed by atoms with van der Waals surface area (Å²) in [4.78, 5) is 15.3. The summed E-state index contributed by atoms with van der Waals surface area (Å²) in [5, 5.41) is 5.81. The Morgan fingerprint density at radius 3 is 2.61 bits per heavy atom. The smallest absolute Gasteiger partial charge is 0.410 e. The summed E-state index contributed by atoms with van der Waals surface area (Å²) in [5.41, 5.74) is 0.957. The quantitative estimate of drug-likeness (QED) is 0.887. The second-order valence-electron chi connectivity index (χ2n) is 7.51. The van der Waals surface area contributed by atoms with Crippen molar-refractivity contribution in [1.82, 2.24) is 10.2 Å². The highest BCUT2D eigenvalue weighted by Gasteiger charge is 2.27. The van der Waals surface area contributed by atoms with E-state index in [2.05, 4.69) is 30.6 Å². The molecule has 4 nitrogen and oxygen atoms in total. The largest absolute Gasteiger partial charge is 0.444 e. The van der Waals surface area contributed by atoms with E-state index in [0.717, 1.165) is 32.5 Å². The fraction of sp³-hybridized carbons (Fsp3) is 0.722. The van der Waals surface area contributed by atoms with E-state index in [1.807, 2.05) is 37.0 Å². The van der Waals surface area contributed by atoms with Gasteiger partial charge in [0.1, 0.15) is 5.60 Å². The molecular weight excluding hydrogens is 308 g/mol. The van der Waals surface area contributed by atoms with Crippen LogP contribution in [0, 0.1) is 12.8 Å². The van der Waals surface area contributed by atoms with Gasteiger partial charge < -0.3 is 15.0 Å². The van der Waals surface area contributed by atoms with E-state index < -0.39 is 5.60 Å². The second kappa shape index (κ2) is 7.67. The lowest BCUT2D eigenvalue weighted by Crippen LogP contribution is -2.43. The van der Waals surface area contributed by atoms with Crippen molar-refractivity contribution in [3.05, 3.63) is 21.9 Å². The number of ether oxygens (including phenoxy) is 1. The Morgan fingerprint density at radius 1 is 1.43 bits per heavy atom. The van der Waals surface area contributed by atoms with Crippen molar-refractivity contribution < 1.29 is 9.53 Å². The predicted octanol–water partition coefficient (Wildman–Crippen LogP) is 4.35. The third kappa shape index (κ3) is 5.50. The molecule has 2 heterocycles. The van der Waals surface area contributed by atoms with Gasteiger partial charge >= 0.3 is 6.09 Å². The first kappa shape index (κ1) is 18.3. The monoisotopic (exact) mass is 338 g/mol. The summed E-state index contributed by atoms with van der Waals surface area (Å²) in [5.74, 6) is 0.636. The lowest BCUT2D eigenvalue weighted by molar-refractivity contribution is 0.0183. The number of nitrogens with zero attached hydrogens (tertiary/aromatic N) is 1. The van der Waals surface area contributed by atoms with E-state index in [0.29, 0.717) is 12.0 Å². The summed E-state index contributed by atoms with van der Waals surface area (Å²) in [6.07, 6.45) is 1.91. The number of carbonyl (C=O) groups is 1. The van der Waals surface area contributed by atoms with Crippen LogP contribution < -0.4 is 5.32 Å². The van der Waals surface area contributed by atoms with Crippen LogP contribution in [0.3, 0.4) is 0 Å². The number of thiophene rings is 1. The number of hydrogen-bond donors (Lipinski definition) is 1. The highest BCUT2D eigenvalue weighted by molar-refractivity contribution is 7.10. The zero-order chi connectivity index (χ0) is 17.0. The molecule has 5 heteroatoms. The molecule has 1 aromatic rings. The summed E-state index contributed by atoms with van der Waals surface area (Å²) >= 11 is 1.82. The van der Waals surface area contributed by atoms with Crippen molar-refractivity contribution in [2.45, 2.75) is 59.1 Å². The number of nitrogens with one attached hydrogen (secondary N) is 1. The molecule has 0 saturated carbocycles. The van der Waals surface area contributed by atoms with Gasteiger partial charge in [-0.25, -0.2) is 4.79 Å². The summed E-state index contributed by atoms with van der Waals surface area (Å²) in [6, 6.07) is 2.58. The minimum Gasteiger partial charge on any atom is -0.444 e. The van der Waals surface area contributed by atoms with Crippen LogP contribution in [0.1, 0.15) is 57.0 Å². The van der Waals surface area contributed by atoms with Crippen molar-refractivity contribution in [2.24, 2.45) is 5.92 Å². The molecule has 1 fully saturated rings. The first-order valence-corrected chi connectivity index (χ1v) is 9.39. The number of aryl methyl sites for hydroxylation is 1. The van der Waals surface area contributed by atoms with Gasteiger partial charge in [0.15, 0.2) is 0 Å². The van der Waals surface area contributed by atoms with Crippen molar-refractivity contribution in [2.75, 3.05) is 19.6 Å². The molecule has 1 aliphatic heterocycles. The maximum absolute atomic E-state index is 12.1. The standard InChI is InChI=1S/C18H30N2O2S/c1-13-8-11-23-16(13)14(2)19-12-15-6-9-20(10-7-15)17(21)22-18(3,4)5/h8,11,14-15,19H,6-7,9-10,12H2,1-5H3. The molecule has 1 saturated heterocycles. The lowest BCUT2D eigenvalue weighted by atomic mass is 9.96. The van der Waals surface area contributed by atoms with E-state index in [9.17, 15) is 4.79 Å². The molecule has 1 atom stereocenters. The molecule has 0 spiro atoms. The summed E-state index contributed by atoms with van der Waals surface area (Å²) in [7, 11) is 0. The average Bonchev–Trinajstić information content (AvgIpc) is 2.90. The van der Waals surface area contributed by atoms with Gasteiger partial charge in [-0.05, 0) is 76.9 Å². The van der Waals surface area contributed by atoms with Crippen LogP contribution in [0.25, 0.3) is 0 Å². The van der Waals surface area contributed by atoms with Crippen molar-refractivity contribution in [3.63, 3.8) is 0 Å². The zero-order valence-electron chi connectivity index (χ0n) is 15.0. The minimum atomic E-state index is -0.413. The van der Waals surface area contributed by atoms with E-state index in [1.165, 1.54) is 10.4 Å². The number of carbonyl (C=O) groups excluding carboxylic acids is 1. The van der Waals surface area contributed by atoms with Crippen LogP contribution >= 0.6 is 11.3 Å². The van der Waals surface area contributed by atoms with Crippen molar-refractivity contribution in [3.8, 4) is 0 Å². The summed E-state index contributed by atoms with van der Waals surface area (Å²) < 4.78 is 5.45. The molecule has 23 heavy (non-hydrogen) atoms. The van der Waals surface area contributed by atoms with Crippen LogP contribution in [0.2, 0.25) is 0 Å². The first-order valence-electron chi connectivity index (χ1n) is 8.51. The van der Waals surface area contributed by atoms with E-state index in [4.69, 9.17) is 4.74 Å². The van der Waals surface area contributed by atoms with Crippen LogP contribution in [0.15, 0.2) is 11.4 Å². The third-order valence-corrected chi connectivity index (χ3v) is 5.48. The Hall–Kier alpha value is -1.07. The number of hydrogen-bond acceptors (Lipinski definition) is 4. The number of likely N-dealkylation sites (tertiary alicyclic amines) is 1. The summed E-state index contributed by atoms with van der Waals surface area (Å²) in [6.45, 7) is 12.8. The minimum absolute atomic E-state index is 0.175. The molecule has 1 amide bonds. The number of piperidine rings is 1. The molecule has 1 aliphatic rings. The van der Waals surface area contributed by atoms with Crippen LogP contribution in [0.4, 0.5) is 4.79 Å². The Morgan fingerprint density at radius 2 is 2.09 bits per heavy atom. The Kier molecular flexibility index (Phi) is 6.09. The number of amides is 1. The zero-order valence-corrected chi connectivity index (χ0v) is 15.8. The molecule has 0 aliphatic carbocycles. The predicted molar refractivity (Wildman–Crippen MR) is 96.0 cm³/mol. The van der Waals surface area contributed by atoms with Gasteiger partial charge in [-0.3, -0.25) is 0 Å². The van der Waals surface area contributed by atoms with Gasteiger partial charge in [-0.1, -0.05) is 0 Å². The topological polar surface area (TPSA) is 41.6 Å². The van der Waals surface area contributed by atoms with Crippen molar-refractivity contribution >= 4 is 17.4 Å². The highest BCUT2D eigenvalue weighted by Crippen LogP contribution is 2.25. The second-order valence-corrected chi connectivity index (χ2v) is 8.46. The van der Waals surface area contributed by atoms with E-state index in [1.54, 1.807) is 0 Å². The van der Waals surface area contributed by atoms with Gasteiger partial charge in [0, 0.05) is 24.0 Å². The van der Waals surface area contributed by atoms with Gasteiger partial charge in [0.2, 0.25) is 0 Å². The molecule has 1 N–H and O–H groups in total. The maximum atomic E-state index is 12.1. The van der Waals surface area contributed by atoms with E-state index in [-0.39, 0.29) is 6.09 Å². The molecular formula is C18H30N2O2S. The Balaban J connectivity index is 1.73. The molecule has 2 rings (SSSR count). The van der Waals surface area contributed by atoms with Gasteiger partial charge in [-0.15, -0.1) is 11.3 Å². The highest BCUT2D eigenvalue weighted by atomic mass is 32.1. The van der Waals surface area contributed by atoms with Gasteiger partial charge in [0.25, 0.3) is 0 Å².